The van der Waals surface area contributed by atoms with E-state index in [1.165, 1.54) is 23.3 Å². The van der Waals surface area contributed by atoms with Crippen LogP contribution in [0, 0.1) is 18.7 Å². The lowest BCUT2D eigenvalue weighted by Crippen LogP contribution is -2.36. The summed E-state index contributed by atoms with van der Waals surface area (Å²) in [6, 6.07) is 12.4. The van der Waals surface area contributed by atoms with Crippen molar-refractivity contribution in [2.45, 2.75) is 58.8 Å². The summed E-state index contributed by atoms with van der Waals surface area (Å²) in [7, 11) is 0. The number of halogens is 1. The van der Waals surface area contributed by atoms with Crippen LogP contribution in [0.25, 0.3) is 0 Å². The zero-order chi connectivity index (χ0) is 24.7. The monoisotopic (exact) mass is 467 g/mol. The fourth-order valence-electron chi connectivity index (χ4n) is 4.48. The van der Waals surface area contributed by atoms with E-state index in [0.29, 0.717) is 12.5 Å². The highest BCUT2D eigenvalue weighted by Crippen LogP contribution is 2.32. The number of likely N-dealkylation sites (tertiary alicyclic amines) is 1. The van der Waals surface area contributed by atoms with Crippen molar-refractivity contribution in [2.24, 2.45) is 5.92 Å². The summed E-state index contributed by atoms with van der Waals surface area (Å²) in [5.41, 5.74) is 4.32. The van der Waals surface area contributed by atoms with E-state index < -0.39 is 0 Å². The fraction of sp³-hybridized carbons (Fsp3) is 0.500. The molecule has 0 unspecified atom stereocenters. The Kier molecular flexibility index (Phi) is 9.22. The molecule has 2 aromatic rings. The molecule has 6 heteroatoms. The molecular formula is C28H38FN3O2. The number of carbonyl (C=O) groups excluding carboxylic acids is 2. The molecule has 3 rings (SSSR count). The van der Waals surface area contributed by atoms with Gasteiger partial charge in [0.2, 0.25) is 11.8 Å². The van der Waals surface area contributed by atoms with Crippen LogP contribution in [0.2, 0.25) is 0 Å². The van der Waals surface area contributed by atoms with Gasteiger partial charge in [0.25, 0.3) is 0 Å². The molecule has 34 heavy (non-hydrogen) atoms. The first-order valence-corrected chi connectivity index (χ1v) is 12.4. The molecule has 0 saturated carbocycles. The van der Waals surface area contributed by atoms with Gasteiger partial charge < -0.3 is 15.5 Å². The SMILES string of the molecule is Cc1ccc(NC(=O)C(C)C)cc1C1CCN(CCCNC(=O)[C@@H](C)c2ccc(F)cc2)CC1. The van der Waals surface area contributed by atoms with Gasteiger partial charge in [-0.3, -0.25) is 9.59 Å². The van der Waals surface area contributed by atoms with E-state index in [1.807, 2.05) is 26.8 Å². The van der Waals surface area contributed by atoms with Crippen LogP contribution >= 0.6 is 0 Å². The van der Waals surface area contributed by atoms with Crippen LogP contribution in [0.3, 0.4) is 0 Å². The first-order chi connectivity index (χ1) is 16.2. The van der Waals surface area contributed by atoms with Crippen LogP contribution in [-0.2, 0) is 9.59 Å². The van der Waals surface area contributed by atoms with Crippen molar-refractivity contribution in [3.63, 3.8) is 0 Å². The van der Waals surface area contributed by atoms with Gasteiger partial charge in [0, 0.05) is 18.2 Å². The molecule has 1 heterocycles. The standard InChI is InChI=1S/C28H38FN3O2/c1-19(2)27(33)31-25-11-6-20(3)26(18-25)23-12-16-32(17-13-23)15-5-14-30-28(34)21(4)22-7-9-24(29)10-8-22/h6-11,18-19,21,23H,5,12-17H2,1-4H3,(H,30,34)(H,31,33)/t21-/m0/s1. The maximum Gasteiger partial charge on any atom is 0.227 e. The third-order valence-corrected chi connectivity index (χ3v) is 6.81. The van der Waals surface area contributed by atoms with Gasteiger partial charge in [-0.15, -0.1) is 0 Å². The number of benzene rings is 2. The Hall–Kier alpha value is -2.73. The van der Waals surface area contributed by atoms with Crippen LogP contribution in [-0.4, -0.2) is 42.9 Å². The third-order valence-electron chi connectivity index (χ3n) is 6.81. The molecule has 2 N–H and O–H groups in total. The normalized spacial score (nSPS) is 15.8. The van der Waals surface area contributed by atoms with Gasteiger partial charge in [0.1, 0.15) is 5.82 Å². The van der Waals surface area contributed by atoms with Crippen LogP contribution in [0.1, 0.15) is 68.6 Å². The van der Waals surface area contributed by atoms with Crippen molar-refractivity contribution in [2.75, 3.05) is 31.5 Å². The van der Waals surface area contributed by atoms with E-state index in [1.54, 1.807) is 12.1 Å². The lowest BCUT2D eigenvalue weighted by molar-refractivity contribution is -0.122. The van der Waals surface area contributed by atoms with Crippen molar-refractivity contribution in [1.29, 1.82) is 0 Å². The lowest BCUT2D eigenvalue weighted by atomic mass is 9.86. The molecule has 0 aromatic heterocycles. The van der Waals surface area contributed by atoms with Crippen molar-refractivity contribution < 1.29 is 14.0 Å². The number of piperidine rings is 1. The predicted octanol–water partition coefficient (Wildman–Crippen LogP) is 5.22. The van der Waals surface area contributed by atoms with Crippen LogP contribution < -0.4 is 10.6 Å². The zero-order valence-electron chi connectivity index (χ0n) is 20.9. The molecule has 0 bridgehead atoms. The minimum atomic E-state index is -0.291. The first-order valence-electron chi connectivity index (χ1n) is 12.4. The molecule has 1 aliphatic heterocycles. The quantitative estimate of drug-likeness (QED) is 0.497. The van der Waals surface area contributed by atoms with Crippen LogP contribution in [0.5, 0.6) is 0 Å². The molecule has 1 saturated heterocycles. The number of nitrogens with zero attached hydrogens (tertiary/aromatic N) is 1. The van der Waals surface area contributed by atoms with Crippen molar-refractivity contribution in [3.8, 4) is 0 Å². The maximum absolute atomic E-state index is 13.1. The van der Waals surface area contributed by atoms with Gasteiger partial charge in [-0.1, -0.05) is 32.0 Å². The number of rotatable bonds is 9. The van der Waals surface area contributed by atoms with E-state index >= 15 is 0 Å². The molecule has 0 radical (unpaired) electrons. The summed E-state index contributed by atoms with van der Waals surface area (Å²) in [4.78, 5) is 26.9. The van der Waals surface area contributed by atoms with Crippen LogP contribution in [0.4, 0.5) is 10.1 Å². The molecule has 0 spiro atoms. The average Bonchev–Trinajstić information content (AvgIpc) is 2.83. The predicted molar refractivity (Wildman–Crippen MR) is 136 cm³/mol. The van der Waals surface area contributed by atoms with Crippen LogP contribution in [0.15, 0.2) is 42.5 Å². The fourth-order valence-corrected chi connectivity index (χ4v) is 4.48. The highest BCUT2D eigenvalue weighted by Gasteiger charge is 2.22. The Bertz CT molecular complexity index is 966. The second-order valence-corrected chi connectivity index (χ2v) is 9.75. The number of carbonyl (C=O) groups is 2. The minimum Gasteiger partial charge on any atom is -0.356 e. The van der Waals surface area contributed by atoms with E-state index in [4.69, 9.17) is 0 Å². The summed E-state index contributed by atoms with van der Waals surface area (Å²) in [5, 5.41) is 6.03. The molecular weight excluding hydrogens is 429 g/mol. The Balaban J connectivity index is 1.41. The number of nitrogens with one attached hydrogen (secondary N) is 2. The minimum absolute atomic E-state index is 0.0229. The maximum atomic E-state index is 13.1. The molecule has 2 amide bonds. The largest absolute Gasteiger partial charge is 0.356 e. The number of amides is 2. The smallest absolute Gasteiger partial charge is 0.227 e. The van der Waals surface area contributed by atoms with Crippen molar-refractivity contribution in [3.05, 3.63) is 65.0 Å². The Morgan fingerprint density at radius 3 is 2.35 bits per heavy atom. The van der Waals surface area contributed by atoms with Crippen molar-refractivity contribution in [1.82, 2.24) is 10.2 Å². The molecule has 184 valence electrons. The number of hydrogen-bond acceptors (Lipinski definition) is 3. The second kappa shape index (κ2) is 12.1. The number of aryl methyl sites for hydroxylation is 1. The van der Waals surface area contributed by atoms with E-state index in [-0.39, 0.29) is 29.5 Å². The Labute approximate surface area is 203 Å². The van der Waals surface area contributed by atoms with Gasteiger partial charge in [0.15, 0.2) is 0 Å². The highest BCUT2D eigenvalue weighted by atomic mass is 19.1. The van der Waals surface area contributed by atoms with Crippen molar-refractivity contribution >= 4 is 17.5 Å². The second-order valence-electron chi connectivity index (χ2n) is 9.75. The number of anilines is 1. The topological polar surface area (TPSA) is 61.4 Å². The zero-order valence-corrected chi connectivity index (χ0v) is 20.9. The Morgan fingerprint density at radius 1 is 1.03 bits per heavy atom. The van der Waals surface area contributed by atoms with E-state index in [9.17, 15) is 14.0 Å². The summed E-state index contributed by atoms with van der Waals surface area (Å²) >= 11 is 0. The summed E-state index contributed by atoms with van der Waals surface area (Å²) in [6.45, 7) is 11.5. The number of hydrogen-bond donors (Lipinski definition) is 2. The first kappa shape index (κ1) is 25.9. The van der Waals surface area contributed by atoms with E-state index in [0.717, 1.165) is 50.1 Å². The molecule has 2 aromatic carbocycles. The molecule has 0 aliphatic carbocycles. The molecule has 5 nitrogen and oxygen atoms in total. The molecule has 1 fully saturated rings. The van der Waals surface area contributed by atoms with Gasteiger partial charge in [-0.25, -0.2) is 4.39 Å². The lowest BCUT2D eigenvalue weighted by Gasteiger charge is -2.33. The van der Waals surface area contributed by atoms with Gasteiger partial charge in [-0.2, -0.15) is 0 Å². The molecule has 1 atom stereocenters. The summed E-state index contributed by atoms with van der Waals surface area (Å²) < 4.78 is 13.1. The summed E-state index contributed by atoms with van der Waals surface area (Å²) in [5.74, 6) is -0.0946. The molecule has 1 aliphatic rings. The van der Waals surface area contributed by atoms with E-state index in [2.05, 4.69) is 34.6 Å². The van der Waals surface area contributed by atoms with Gasteiger partial charge >= 0.3 is 0 Å². The highest BCUT2D eigenvalue weighted by molar-refractivity contribution is 5.92. The summed E-state index contributed by atoms with van der Waals surface area (Å²) in [6.07, 6.45) is 3.09. The Morgan fingerprint density at radius 2 is 1.71 bits per heavy atom. The van der Waals surface area contributed by atoms with Gasteiger partial charge in [0.05, 0.1) is 5.92 Å². The third kappa shape index (κ3) is 7.13. The van der Waals surface area contributed by atoms with Gasteiger partial charge in [-0.05, 0) is 99.6 Å². The average molecular weight is 468 g/mol.